The van der Waals surface area contributed by atoms with Gasteiger partial charge in [-0.1, -0.05) is 12.1 Å². The zero-order chi connectivity index (χ0) is 19.8. The van der Waals surface area contributed by atoms with Crippen molar-refractivity contribution < 1.29 is 9.47 Å². The van der Waals surface area contributed by atoms with Gasteiger partial charge in [-0.3, -0.25) is 4.99 Å². The molecule has 7 heteroatoms. The summed E-state index contributed by atoms with van der Waals surface area (Å²) in [5.74, 6) is 3.50. The number of anilines is 1. The van der Waals surface area contributed by atoms with Gasteiger partial charge in [-0.15, -0.1) is 0 Å². The Labute approximate surface area is 167 Å². The summed E-state index contributed by atoms with van der Waals surface area (Å²) in [7, 11) is 5.15. The smallest absolute Gasteiger partial charge is 0.193 e. The maximum atomic E-state index is 5.38. The first-order chi connectivity index (χ1) is 13.7. The zero-order valence-corrected chi connectivity index (χ0v) is 16.9. The van der Waals surface area contributed by atoms with Crippen molar-refractivity contribution >= 4 is 11.8 Å². The number of piperazine rings is 1. The minimum absolute atomic E-state index is 0.751. The molecule has 1 fully saturated rings. The molecule has 0 amide bonds. The zero-order valence-electron chi connectivity index (χ0n) is 16.9. The molecule has 1 N–H and O–H groups in total. The summed E-state index contributed by atoms with van der Waals surface area (Å²) in [5.41, 5.74) is 1.19. The van der Waals surface area contributed by atoms with Crippen molar-refractivity contribution in [2.24, 2.45) is 4.99 Å². The van der Waals surface area contributed by atoms with Gasteiger partial charge < -0.3 is 24.6 Å². The average molecular weight is 383 g/mol. The Kier molecular flexibility index (Phi) is 6.94. The number of guanidine groups is 1. The van der Waals surface area contributed by atoms with Crippen LogP contribution in [0.5, 0.6) is 11.5 Å². The molecular formula is C21H29N5O2. The fourth-order valence-electron chi connectivity index (χ4n) is 3.38. The van der Waals surface area contributed by atoms with Crippen LogP contribution in [0.15, 0.2) is 47.6 Å². The van der Waals surface area contributed by atoms with E-state index in [9.17, 15) is 0 Å². The third-order valence-electron chi connectivity index (χ3n) is 4.91. The SMILES string of the molecule is CN=C(NCCc1ccc(OC)c(OC)c1)N1CCN(c2ccccn2)CC1. The van der Waals surface area contributed by atoms with E-state index in [0.29, 0.717) is 0 Å². The molecule has 28 heavy (non-hydrogen) atoms. The maximum Gasteiger partial charge on any atom is 0.193 e. The first-order valence-corrected chi connectivity index (χ1v) is 9.57. The second kappa shape index (κ2) is 9.82. The van der Waals surface area contributed by atoms with Crippen LogP contribution in [0.1, 0.15) is 5.56 Å². The van der Waals surface area contributed by atoms with Crippen molar-refractivity contribution in [1.29, 1.82) is 0 Å². The van der Waals surface area contributed by atoms with E-state index >= 15 is 0 Å². The number of hydrogen-bond acceptors (Lipinski definition) is 5. The molecule has 1 aliphatic rings. The Morgan fingerprint density at radius 2 is 1.86 bits per heavy atom. The van der Waals surface area contributed by atoms with Gasteiger partial charge in [0.15, 0.2) is 17.5 Å². The number of aromatic nitrogens is 1. The van der Waals surface area contributed by atoms with Crippen LogP contribution in [0.2, 0.25) is 0 Å². The number of nitrogens with one attached hydrogen (secondary N) is 1. The van der Waals surface area contributed by atoms with Gasteiger partial charge in [0.1, 0.15) is 5.82 Å². The molecule has 2 aromatic rings. The Morgan fingerprint density at radius 3 is 2.50 bits per heavy atom. The lowest BCUT2D eigenvalue weighted by Crippen LogP contribution is -2.53. The number of benzene rings is 1. The monoisotopic (exact) mass is 383 g/mol. The van der Waals surface area contributed by atoms with E-state index in [1.807, 2.05) is 37.5 Å². The highest BCUT2D eigenvalue weighted by Crippen LogP contribution is 2.27. The number of pyridine rings is 1. The Balaban J connectivity index is 1.49. The van der Waals surface area contributed by atoms with E-state index in [1.54, 1.807) is 14.2 Å². The number of nitrogens with zero attached hydrogens (tertiary/aromatic N) is 4. The van der Waals surface area contributed by atoms with Crippen molar-refractivity contribution in [3.63, 3.8) is 0 Å². The number of methoxy groups -OCH3 is 2. The van der Waals surface area contributed by atoms with Crippen LogP contribution in [0, 0.1) is 0 Å². The second-order valence-electron chi connectivity index (χ2n) is 6.58. The van der Waals surface area contributed by atoms with Crippen molar-refractivity contribution in [3.8, 4) is 11.5 Å². The van der Waals surface area contributed by atoms with Crippen LogP contribution < -0.4 is 19.7 Å². The highest BCUT2D eigenvalue weighted by molar-refractivity contribution is 5.80. The third kappa shape index (κ3) is 4.85. The molecule has 1 aromatic carbocycles. The van der Waals surface area contributed by atoms with E-state index in [1.165, 1.54) is 5.56 Å². The van der Waals surface area contributed by atoms with Crippen LogP contribution in [0.4, 0.5) is 5.82 Å². The molecule has 0 atom stereocenters. The molecule has 0 radical (unpaired) electrons. The van der Waals surface area contributed by atoms with Crippen LogP contribution >= 0.6 is 0 Å². The lowest BCUT2D eigenvalue weighted by molar-refractivity contribution is 0.354. The van der Waals surface area contributed by atoms with Gasteiger partial charge in [0.2, 0.25) is 0 Å². The van der Waals surface area contributed by atoms with Crippen LogP contribution in [-0.4, -0.2) is 69.8 Å². The molecule has 1 aliphatic heterocycles. The molecule has 0 bridgehead atoms. The Hall–Kier alpha value is -2.96. The minimum atomic E-state index is 0.751. The van der Waals surface area contributed by atoms with Crippen molar-refractivity contribution in [2.45, 2.75) is 6.42 Å². The molecule has 0 saturated carbocycles. The minimum Gasteiger partial charge on any atom is -0.493 e. The van der Waals surface area contributed by atoms with Gasteiger partial charge >= 0.3 is 0 Å². The molecule has 7 nitrogen and oxygen atoms in total. The fourth-order valence-corrected chi connectivity index (χ4v) is 3.38. The van der Waals surface area contributed by atoms with E-state index in [2.05, 4.69) is 37.2 Å². The third-order valence-corrected chi connectivity index (χ3v) is 4.91. The van der Waals surface area contributed by atoms with E-state index in [0.717, 1.165) is 62.4 Å². The molecule has 2 heterocycles. The second-order valence-corrected chi connectivity index (χ2v) is 6.58. The van der Waals surface area contributed by atoms with Gasteiger partial charge in [0.05, 0.1) is 14.2 Å². The van der Waals surface area contributed by atoms with Crippen LogP contribution in [0.25, 0.3) is 0 Å². The van der Waals surface area contributed by atoms with E-state index < -0.39 is 0 Å². The van der Waals surface area contributed by atoms with Gasteiger partial charge in [-0.05, 0) is 36.2 Å². The summed E-state index contributed by atoms with van der Waals surface area (Å²) < 4.78 is 10.7. The highest BCUT2D eigenvalue weighted by Gasteiger charge is 2.20. The molecule has 0 aliphatic carbocycles. The first-order valence-electron chi connectivity index (χ1n) is 9.57. The molecule has 0 unspecified atom stereocenters. The normalized spacial score (nSPS) is 14.8. The largest absolute Gasteiger partial charge is 0.493 e. The lowest BCUT2D eigenvalue weighted by Gasteiger charge is -2.37. The number of ether oxygens (including phenoxy) is 2. The van der Waals surface area contributed by atoms with Gasteiger partial charge in [0, 0.05) is 46.0 Å². The van der Waals surface area contributed by atoms with Crippen molar-refractivity contribution in [2.75, 3.05) is 58.9 Å². The van der Waals surface area contributed by atoms with E-state index in [4.69, 9.17) is 9.47 Å². The quantitative estimate of drug-likeness (QED) is 0.608. The number of hydrogen-bond donors (Lipinski definition) is 1. The summed E-state index contributed by atoms with van der Waals surface area (Å²) in [4.78, 5) is 13.5. The molecule has 1 aromatic heterocycles. The summed E-state index contributed by atoms with van der Waals surface area (Å²) in [6, 6.07) is 12.1. The molecule has 0 spiro atoms. The molecule has 1 saturated heterocycles. The topological polar surface area (TPSA) is 62.2 Å². The first kappa shape index (κ1) is 19.8. The number of aliphatic imine (C=N–C) groups is 1. The summed E-state index contributed by atoms with van der Waals surface area (Å²) in [6.07, 6.45) is 2.73. The molecule has 3 rings (SSSR count). The van der Waals surface area contributed by atoms with Gasteiger partial charge in [0.25, 0.3) is 0 Å². The molecule has 150 valence electrons. The van der Waals surface area contributed by atoms with Gasteiger partial charge in [-0.25, -0.2) is 4.98 Å². The number of rotatable bonds is 6. The average Bonchev–Trinajstić information content (AvgIpc) is 2.77. The van der Waals surface area contributed by atoms with Crippen molar-refractivity contribution in [1.82, 2.24) is 15.2 Å². The summed E-state index contributed by atoms with van der Waals surface area (Å²) in [5, 5.41) is 3.48. The summed E-state index contributed by atoms with van der Waals surface area (Å²) in [6.45, 7) is 4.53. The fraction of sp³-hybridized carbons (Fsp3) is 0.429. The lowest BCUT2D eigenvalue weighted by atomic mass is 10.1. The highest BCUT2D eigenvalue weighted by atomic mass is 16.5. The Morgan fingerprint density at radius 1 is 1.07 bits per heavy atom. The van der Waals surface area contributed by atoms with Gasteiger partial charge in [-0.2, -0.15) is 0 Å². The van der Waals surface area contributed by atoms with Crippen LogP contribution in [-0.2, 0) is 6.42 Å². The standard InChI is InChI=1S/C21H29N5O2/c1-22-21(24-11-9-17-7-8-18(27-2)19(16-17)28-3)26-14-12-25(13-15-26)20-6-4-5-10-23-20/h4-8,10,16H,9,11-15H2,1-3H3,(H,22,24). The molecular weight excluding hydrogens is 354 g/mol. The summed E-state index contributed by atoms with van der Waals surface area (Å²) >= 11 is 0. The predicted molar refractivity (Wildman–Crippen MR) is 113 cm³/mol. The maximum absolute atomic E-state index is 5.38. The van der Waals surface area contributed by atoms with Crippen LogP contribution in [0.3, 0.4) is 0 Å². The Bertz CT molecular complexity index is 774. The van der Waals surface area contributed by atoms with Crippen molar-refractivity contribution in [3.05, 3.63) is 48.2 Å². The predicted octanol–water partition coefficient (Wildman–Crippen LogP) is 2.04. The van der Waals surface area contributed by atoms with E-state index in [-0.39, 0.29) is 0 Å².